The highest BCUT2D eigenvalue weighted by atomic mass is 32.1. The summed E-state index contributed by atoms with van der Waals surface area (Å²) in [7, 11) is 0. The van der Waals surface area contributed by atoms with Crippen LogP contribution in [0.2, 0.25) is 0 Å². The number of aromatic nitrogens is 1. The van der Waals surface area contributed by atoms with Crippen LogP contribution in [-0.2, 0) is 0 Å². The molecule has 13 heteroatoms. The fourth-order valence-corrected chi connectivity index (χ4v) is 2.73. The first-order valence-electron chi connectivity index (χ1n) is 6.75. The van der Waals surface area contributed by atoms with E-state index in [0.29, 0.717) is 5.69 Å². The highest BCUT2D eigenvalue weighted by Crippen LogP contribution is 2.34. The fourth-order valence-electron chi connectivity index (χ4n) is 2.01. The van der Waals surface area contributed by atoms with Gasteiger partial charge in [0.25, 0.3) is 11.4 Å². The summed E-state index contributed by atoms with van der Waals surface area (Å²) in [5.74, 6) is -0.271. The highest BCUT2D eigenvalue weighted by molar-refractivity contribution is 7.14. The first-order valence-corrected chi connectivity index (χ1v) is 7.63. The number of nitrogens with one attached hydrogen (secondary N) is 1. The lowest BCUT2D eigenvalue weighted by Crippen LogP contribution is -1.98. The van der Waals surface area contributed by atoms with Crippen LogP contribution < -0.4 is 5.32 Å². The van der Waals surface area contributed by atoms with Gasteiger partial charge in [0.05, 0.1) is 22.0 Å². The van der Waals surface area contributed by atoms with E-state index in [1.807, 2.05) is 0 Å². The number of nitrogens with zero attached hydrogens (tertiary/aromatic N) is 4. The number of rotatable bonds is 6. The minimum Gasteiger partial charge on any atom is -0.399 e. The topological polar surface area (TPSA) is 167 Å². The van der Waals surface area contributed by atoms with Crippen LogP contribution in [0, 0.1) is 30.3 Å². The molecular weight excluding hydrogens is 370 g/mol. The standard InChI is InChI=1S/C13H7N5O7S/c19-16(20)7-1-2-8(10(5-7)17(21)22)14-13-15-9(6-26-13)11-3-4-12(25-11)18(23)24/h1-6H,(H,14,15). The molecule has 132 valence electrons. The molecule has 0 aliphatic heterocycles. The summed E-state index contributed by atoms with van der Waals surface area (Å²) < 4.78 is 5.03. The smallest absolute Gasteiger partial charge is 0.399 e. The second kappa shape index (κ2) is 6.56. The molecule has 2 aromatic heterocycles. The first kappa shape index (κ1) is 17.0. The molecule has 1 aromatic carbocycles. The van der Waals surface area contributed by atoms with Crippen molar-refractivity contribution in [3.63, 3.8) is 0 Å². The molecule has 0 saturated carbocycles. The van der Waals surface area contributed by atoms with Gasteiger partial charge in [-0.3, -0.25) is 30.3 Å². The lowest BCUT2D eigenvalue weighted by molar-refractivity contribution is -0.401. The van der Waals surface area contributed by atoms with Gasteiger partial charge in [-0.25, -0.2) is 4.98 Å². The molecule has 0 unspecified atom stereocenters. The average Bonchev–Trinajstić information content (AvgIpc) is 3.23. The van der Waals surface area contributed by atoms with Gasteiger partial charge >= 0.3 is 5.88 Å². The Hall–Kier alpha value is -3.87. The first-order chi connectivity index (χ1) is 12.3. The van der Waals surface area contributed by atoms with Crippen molar-refractivity contribution in [3.8, 4) is 11.5 Å². The number of nitro benzene ring substituents is 2. The maximum Gasteiger partial charge on any atom is 0.433 e. The van der Waals surface area contributed by atoms with Crippen LogP contribution >= 0.6 is 11.3 Å². The van der Waals surface area contributed by atoms with E-state index in [4.69, 9.17) is 4.42 Å². The number of hydrogen-bond donors (Lipinski definition) is 1. The van der Waals surface area contributed by atoms with Crippen molar-refractivity contribution in [1.29, 1.82) is 0 Å². The van der Waals surface area contributed by atoms with Gasteiger partial charge in [-0.2, -0.15) is 0 Å². The summed E-state index contributed by atoms with van der Waals surface area (Å²) in [6, 6.07) is 5.73. The number of furan rings is 1. The Morgan fingerprint density at radius 1 is 1.00 bits per heavy atom. The predicted octanol–water partition coefficient (Wildman–Crippen LogP) is 3.87. The molecule has 0 aliphatic rings. The summed E-state index contributed by atoms with van der Waals surface area (Å²) in [6.45, 7) is 0. The second-order valence-corrected chi connectivity index (χ2v) is 5.63. The third-order valence-electron chi connectivity index (χ3n) is 3.16. The Balaban J connectivity index is 1.88. The summed E-state index contributed by atoms with van der Waals surface area (Å²) in [4.78, 5) is 34.5. The van der Waals surface area contributed by atoms with Crippen molar-refractivity contribution in [2.75, 3.05) is 5.32 Å². The lowest BCUT2D eigenvalue weighted by Gasteiger charge is -2.03. The molecule has 1 N–H and O–H groups in total. The Morgan fingerprint density at radius 2 is 1.77 bits per heavy atom. The van der Waals surface area contributed by atoms with Gasteiger partial charge in [-0.15, -0.1) is 11.3 Å². The molecule has 0 saturated heterocycles. The molecule has 0 spiro atoms. The Labute approximate surface area is 147 Å². The number of nitro groups is 3. The normalized spacial score (nSPS) is 10.5. The molecule has 26 heavy (non-hydrogen) atoms. The largest absolute Gasteiger partial charge is 0.433 e. The molecule has 3 rings (SSSR count). The second-order valence-electron chi connectivity index (χ2n) is 4.77. The molecule has 0 radical (unpaired) electrons. The summed E-state index contributed by atoms with van der Waals surface area (Å²) in [6.07, 6.45) is 0. The van der Waals surface area contributed by atoms with Crippen LogP contribution in [0.25, 0.3) is 11.5 Å². The van der Waals surface area contributed by atoms with Crippen molar-refractivity contribution in [3.05, 3.63) is 66.1 Å². The highest BCUT2D eigenvalue weighted by Gasteiger charge is 2.21. The van der Waals surface area contributed by atoms with E-state index in [-0.39, 0.29) is 16.6 Å². The van der Waals surface area contributed by atoms with Crippen molar-refractivity contribution in [2.45, 2.75) is 0 Å². The number of non-ortho nitro benzene ring substituents is 1. The molecule has 3 aromatic rings. The maximum absolute atomic E-state index is 11.1. The average molecular weight is 377 g/mol. The van der Waals surface area contributed by atoms with Gasteiger partial charge in [0.2, 0.25) is 0 Å². The van der Waals surface area contributed by atoms with Crippen LogP contribution in [0.4, 0.5) is 28.1 Å². The van der Waals surface area contributed by atoms with Crippen molar-refractivity contribution in [1.82, 2.24) is 4.98 Å². The number of anilines is 2. The van der Waals surface area contributed by atoms with Crippen LogP contribution in [0.5, 0.6) is 0 Å². The third kappa shape index (κ3) is 3.32. The van der Waals surface area contributed by atoms with E-state index in [2.05, 4.69) is 10.3 Å². The zero-order chi connectivity index (χ0) is 18.8. The van der Waals surface area contributed by atoms with Crippen molar-refractivity contribution < 1.29 is 19.2 Å². The van der Waals surface area contributed by atoms with E-state index in [9.17, 15) is 30.3 Å². The monoisotopic (exact) mass is 377 g/mol. The SMILES string of the molecule is O=[N+]([O-])c1ccc(Nc2nc(-c3ccc([N+](=O)[O-])o3)cs2)c([N+](=O)[O-])c1. The molecular formula is C13H7N5O7S. The molecule has 0 bridgehead atoms. The third-order valence-corrected chi connectivity index (χ3v) is 3.92. The minimum absolute atomic E-state index is 0.0203. The fraction of sp³-hybridized carbons (Fsp3) is 0. The van der Waals surface area contributed by atoms with E-state index >= 15 is 0 Å². The minimum atomic E-state index is -0.750. The van der Waals surface area contributed by atoms with Gasteiger partial charge < -0.3 is 9.73 Å². The Kier molecular flexibility index (Phi) is 4.28. The van der Waals surface area contributed by atoms with Crippen molar-refractivity contribution in [2.24, 2.45) is 0 Å². The van der Waals surface area contributed by atoms with E-state index in [0.717, 1.165) is 23.5 Å². The Bertz CT molecular complexity index is 1030. The molecule has 0 aliphatic carbocycles. The summed E-state index contributed by atoms with van der Waals surface area (Å²) in [5, 5.41) is 37.0. The van der Waals surface area contributed by atoms with Crippen LogP contribution in [0.15, 0.2) is 40.1 Å². The Morgan fingerprint density at radius 3 is 2.38 bits per heavy atom. The zero-order valence-electron chi connectivity index (χ0n) is 12.5. The van der Waals surface area contributed by atoms with E-state index < -0.39 is 32.0 Å². The summed E-state index contributed by atoms with van der Waals surface area (Å²) in [5.41, 5.74) is -0.573. The lowest BCUT2D eigenvalue weighted by atomic mass is 10.2. The number of benzene rings is 1. The van der Waals surface area contributed by atoms with Gasteiger partial charge in [0.1, 0.15) is 16.3 Å². The maximum atomic E-state index is 11.1. The van der Waals surface area contributed by atoms with Crippen LogP contribution in [-0.4, -0.2) is 19.8 Å². The van der Waals surface area contributed by atoms with Gasteiger partial charge in [-0.1, -0.05) is 0 Å². The van der Waals surface area contributed by atoms with Gasteiger partial charge in [0, 0.05) is 11.4 Å². The molecule has 0 fully saturated rings. The van der Waals surface area contributed by atoms with Crippen molar-refractivity contribution >= 4 is 39.4 Å². The van der Waals surface area contributed by atoms with E-state index in [1.54, 1.807) is 5.38 Å². The van der Waals surface area contributed by atoms with Gasteiger partial charge in [0.15, 0.2) is 10.9 Å². The number of hydrogen-bond acceptors (Lipinski definition) is 10. The van der Waals surface area contributed by atoms with Crippen LogP contribution in [0.3, 0.4) is 0 Å². The zero-order valence-corrected chi connectivity index (χ0v) is 13.3. The predicted molar refractivity (Wildman–Crippen MR) is 89.5 cm³/mol. The van der Waals surface area contributed by atoms with Crippen LogP contribution in [0.1, 0.15) is 0 Å². The molecule has 0 atom stereocenters. The number of thiazole rings is 1. The molecule has 2 heterocycles. The molecule has 0 amide bonds. The summed E-state index contributed by atoms with van der Waals surface area (Å²) >= 11 is 1.08. The van der Waals surface area contributed by atoms with Gasteiger partial charge in [-0.05, 0) is 12.1 Å². The quantitative estimate of drug-likeness (QED) is 0.495. The molecule has 12 nitrogen and oxygen atoms in total. The van der Waals surface area contributed by atoms with E-state index in [1.165, 1.54) is 18.2 Å².